The van der Waals surface area contributed by atoms with Crippen LogP contribution >= 0.6 is 0 Å². The maximum Gasteiger partial charge on any atom is 0.174 e. The van der Waals surface area contributed by atoms with E-state index >= 15 is 4.39 Å². The van der Waals surface area contributed by atoms with E-state index in [0.29, 0.717) is 28.6 Å². The van der Waals surface area contributed by atoms with Crippen LogP contribution in [0.4, 0.5) is 4.39 Å². The Morgan fingerprint density at radius 1 is 1.19 bits per heavy atom. The molecule has 2 fully saturated rings. The molecule has 31 heavy (non-hydrogen) atoms. The third-order valence-electron chi connectivity index (χ3n) is 6.59. The van der Waals surface area contributed by atoms with Crippen LogP contribution in [0.5, 0.6) is 5.75 Å². The van der Waals surface area contributed by atoms with Crippen LogP contribution in [0.2, 0.25) is 0 Å². The highest BCUT2D eigenvalue weighted by atomic mass is 19.1. The van der Waals surface area contributed by atoms with Crippen molar-refractivity contribution in [1.29, 1.82) is 0 Å². The molecule has 0 saturated heterocycles. The Labute approximate surface area is 179 Å². The lowest BCUT2D eigenvalue weighted by atomic mass is 9.67. The summed E-state index contributed by atoms with van der Waals surface area (Å²) in [5.74, 6) is 0.921. The van der Waals surface area contributed by atoms with Gasteiger partial charge in [0.05, 0.1) is 11.9 Å². The topological polar surface area (TPSA) is 102 Å². The number of hydrogen-bond donors (Lipinski definition) is 1. The molecular formula is C22H24FN7O. The number of tetrazole rings is 1. The third kappa shape index (κ3) is 3.47. The summed E-state index contributed by atoms with van der Waals surface area (Å²) in [5, 5.41) is 30.7. The fourth-order valence-electron chi connectivity index (χ4n) is 5.15. The van der Waals surface area contributed by atoms with Crippen molar-refractivity contribution in [3.05, 3.63) is 41.6 Å². The second-order valence-electron chi connectivity index (χ2n) is 9.43. The molecule has 2 aromatic heterocycles. The van der Waals surface area contributed by atoms with E-state index in [9.17, 15) is 5.11 Å². The average Bonchev–Trinajstić information content (AvgIpc) is 3.29. The molecule has 1 N–H and O–H groups in total. The second kappa shape index (κ2) is 6.90. The Kier molecular flexibility index (Phi) is 4.39. The number of phenolic OH excluding ortho intramolecular Hbond substituents is 1. The van der Waals surface area contributed by atoms with E-state index < -0.39 is 6.17 Å². The maximum absolute atomic E-state index is 15.2. The van der Waals surface area contributed by atoms with Gasteiger partial charge in [0.1, 0.15) is 17.6 Å². The molecule has 0 unspecified atom stereocenters. The quantitative estimate of drug-likeness (QED) is 0.685. The van der Waals surface area contributed by atoms with E-state index in [4.69, 9.17) is 0 Å². The van der Waals surface area contributed by atoms with Crippen LogP contribution in [0.15, 0.2) is 30.0 Å². The van der Waals surface area contributed by atoms with Gasteiger partial charge in [-0.15, -0.1) is 25.2 Å². The van der Waals surface area contributed by atoms with Gasteiger partial charge in [0.2, 0.25) is 0 Å². The molecule has 2 bridgehead atoms. The van der Waals surface area contributed by atoms with E-state index in [-0.39, 0.29) is 16.6 Å². The molecule has 9 heteroatoms. The van der Waals surface area contributed by atoms with Crippen molar-refractivity contribution in [1.82, 2.24) is 35.4 Å². The number of allylic oxidation sites excluding steroid dienone is 1. The lowest BCUT2D eigenvalue weighted by molar-refractivity contribution is 0.106. The first-order valence-electron chi connectivity index (χ1n) is 10.4. The summed E-state index contributed by atoms with van der Waals surface area (Å²) in [6.45, 7) is 6.02. The molecule has 160 valence electrons. The van der Waals surface area contributed by atoms with Gasteiger partial charge in [-0.1, -0.05) is 13.8 Å². The Morgan fingerprint density at radius 2 is 2.03 bits per heavy atom. The Balaban J connectivity index is 1.40. The molecule has 8 nitrogen and oxygen atoms in total. The highest BCUT2D eigenvalue weighted by Crippen LogP contribution is 2.60. The zero-order valence-corrected chi connectivity index (χ0v) is 17.7. The number of halogens is 1. The normalized spacial score (nSPS) is 28.9. The molecule has 5 rings (SSSR count). The molecule has 2 heterocycles. The highest BCUT2D eigenvalue weighted by molar-refractivity contribution is 5.68. The minimum Gasteiger partial charge on any atom is -0.507 e. The van der Waals surface area contributed by atoms with Crippen molar-refractivity contribution in [2.75, 3.05) is 0 Å². The van der Waals surface area contributed by atoms with Crippen LogP contribution in [0, 0.1) is 17.8 Å². The van der Waals surface area contributed by atoms with Gasteiger partial charge in [0, 0.05) is 17.0 Å². The minimum absolute atomic E-state index is 0.00295. The molecule has 3 aromatic rings. The van der Waals surface area contributed by atoms with E-state index in [1.54, 1.807) is 31.3 Å². The number of aryl methyl sites for hydroxylation is 1. The molecule has 2 saturated carbocycles. The molecular weight excluding hydrogens is 397 g/mol. The van der Waals surface area contributed by atoms with Gasteiger partial charge in [0.15, 0.2) is 11.6 Å². The number of aromatic hydroxyl groups is 1. The smallest absolute Gasteiger partial charge is 0.174 e. The first kappa shape index (κ1) is 19.7. The molecule has 0 aliphatic heterocycles. The summed E-state index contributed by atoms with van der Waals surface area (Å²) >= 11 is 0. The van der Waals surface area contributed by atoms with E-state index in [1.165, 1.54) is 10.9 Å². The first-order chi connectivity index (χ1) is 14.7. The van der Waals surface area contributed by atoms with Gasteiger partial charge in [-0.3, -0.25) is 0 Å². The summed E-state index contributed by atoms with van der Waals surface area (Å²) in [5.41, 5.74) is 2.10. The van der Waals surface area contributed by atoms with E-state index in [1.807, 2.05) is 6.92 Å². The Hall–Kier alpha value is -3.23. The Morgan fingerprint density at radius 3 is 2.71 bits per heavy atom. The number of nitrogens with zero attached hydrogens (tertiary/aromatic N) is 7. The predicted molar refractivity (Wildman–Crippen MR) is 112 cm³/mol. The molecule has 2 aliphatic rings. The summed E-state index contributed by atoms with van der Waals surface area (Å²) in [4.78, 5) is 5.69. The van der Waals surface area contributed by atoms with Crippen molar-refractivity contribution in [2.24, 2.45) is 10.8 Å². The number of fused-ring (bicyclic) bond motifs is 2. The molecule has 0 radical (unpaired) electrons. The van der Waals surface area contributed by atoms with E-state index in [2.05, 4.69) is 37.5 Å². The van der Waals surface area contributed by atoms with Crippen LogP contribution in [-0.4, -0.2) is 46.7 Å². The van der Waals surface area contributed by atoms with Crippen LogP contribution in [0.3, 0.4) is 0 Å². The summed E-state index contributed by atoms with van der Waals surface area (Å²) < 4.78 is 15.2. The number of rotatable bonds is 3. The fourth-order valence-corrected chi connectivity index (χ4v) is 5.15. The van der Waals surface area contributed by atoms with Crippen molar-refractivity contribution in [2.45, 2.75) is 52.6 Å². The van der Waals surface area contributed by atoms with Crippen molar-refractivity contribution < 1.29 is 9.50 Å². The van der Waals surface area contributed by atoms with Crippen LogP contribution in [0.25, 0.3) is 23.0 Å². The van der Waals surface area contributed by atoms with Crippen LogP contribution in [-0.2, 0) is 0 Å². The van der Waals surface area contributed by atoms with Gasteiger partial charge in [-0.05, 0) is 67.0 Å². The lowest BCUT2D eigenvalue weighted by Gasteiger charge is -2.39. The highest BCUT2D eigenvalue weighted by Gasteiger charge is 2.53. The molecule has 2 aliphatic carbocycles. The zero-order chi connectivity index (χ0) is 21.8. The standard InChI is InChI=1S/C22H24FN7O/c1-13-25-29-30(28-13)15-4-5-16(18(31)9-15)17-11-24-19(27-26-17)8-14-10-21(2)6-7-22(3,12-21)20(14)23/h4-5,8-9,11,20,31H,6-7,10,12H2,1-3H3/b14-8+/t20-,21+,22+/m0/s1. The zero-order valence-electron chi connectivity index (χ0n) is 17.7. The van der Waals surface area contributed by atoms with Crippen molar-refractivity contribution in [3.8, 4) is 22.7 Å². The number of aromatic nitrogens is 7. The molecule has 0 spiro atoms. The van der Waals surface area contributed by atoms with E-state index in [0.717, 1.165) is 31.3 Å². The Bertz CT molecular complexity index is 1170. The lowest BCUT2D eigenvalue weighted by Crippen LogP contribution is -2.35. The van der Waals surface area contributed by atoms with Gasteiger partial charge in [-0.25, -0.2) is 9.37 Å². The van der Waals surface area contributed by atoms with Gasteiger partial charge >= 0.3 is 0 Å². The summed E-state index contributed by atoms with van der Waals surface area (Å²) in [7, 11) is 0. The number of alkyl halides is 1. The first-order valence-corrected chi connectivity index (χ1v) is 10.4. The number of phenols is 1. The predicted octanol–water partition coefficient (Wildman–Crippen LogP) is 3.85. The SMILES string of the molecule is Cc1nnn(-c2ccc(-c3cnc(/C=C4\C[C@@]5(C)CC[C@](C)(C5)[C@H]4F)nn3)c(O)c2)n1. The maximum atomic E-state index is 15.2. The van der Waals surface area contributed by atoms with Crippen LogP contribution < -0.4 is 0 Å². The van der Waals surface area contributed by atoms with Crippen molar-refractivity contribution in [3.63, 3.8) is 0 Å². The van der Waals surface area contributed by atoms with Crippen LogP contribution in [0.1, 0.15) is 51.2 Å². The fraction of sp³-hybridized carbons (Fsp3) is 0.455. The molecule has 1 aromatic carbocycles. The summed E-state index contributed by atoms with van der Waals surface area (Å²) in [6.07, 6.45) is 5.93. The molecule has 0 amide bonds. The monoisotopic (exact) mass is 421 g/mol. The largest absolute Gasteiger partial charge is 0.507 e. The van der Waals surface area contributed by atoms with Gasteiger partial charge in [-0.2, -0.15) is 0 Å². The minimum atomic E-state index is -0.975. The molecule has 3 atom stereocenters. The van der Waals surface area contributed by atoms with Crippen molar-refractivity contribution >= 4 is 6.08 Å². The summed E-state index contributed by atoms with van der Waals surface area (Å²) in [6, 6.07) is 4.98. The number of hydrogen-bond acceptors (Lipinski definition) is 7. The third-order valence-corrected chi connectivity index (χ3v) is 6.59. The second-order valence-corrected chi connectivity index (χ2v) is 9.43. The van der Waals surface area contributed by atoms with Gasteiger partial charge < -0.3 is 5.11 Å². The number of benzene rings is 1. The average molecular weight is 421 g/mol. The van der Waals surface area contributed by atoms with Gasteiger partial charge in [0.25, 0.3) is 0 Å².